The Hall–Kier alpha value is -2.48. The van der Waals surface area contributed by atoms with E-state index in [0.29, 0.717) is 5.69 Å². The van der Waals surface area contributed by atoms with Gasteiger partial charge in [0, 0.05) is 31.3 Å². The molecule has 0 bridgehead atoms. The number of halogens is 3. The van der Waals surface area contributed by atoms with Gasteiger partial charge in [-0.2, -0.15) is 13.2 Å². The van der Waals surface area contributed by atoms with Gasteiger partial charge >= 0.3 is 6.18 Å². The number of rotatable bonds is 2. The lowest BCUT2D eigenvalue weighted by atomic mass is 10.0. The maximum atomic E-state index is 13.2. The number of carbonyl (C=O) groups excluding carboxylic acids is 1. The first kappa shape index (κ1) is 18.3. The first-order valence-corrected chi connectivity index (χ1v) is 8.17. The summed E-state index contributed by atoms with van der Waals surface area (Å²) in [6.07, 6.45) is -2.08. The van der Waals surface area contributed by atoms with Gasteiger partial charge in [-0.1, -0.05) is 30.3 Å². The number of alkyl halides is 3. The summed E-state index contributed by atoms with van der Waals surface area (Å²) in [4.78, 5) is 22.4. The second-order valence-electron chi connectivity index (χ2n) is 6.27. The lowest BCUT2D eigenvalue weighted by molar-refractivity contribution is -0.269. The monoisotopic (exact) mass is 365 g/mol. The van der Waals surface area contributed by atoms with Gasteiger partial charge in [0.05, 0.1) is 17.9 Å². The summed E-state index contributed by atoms with van der Waals surface area (Å²) in [5.41, 5.74) is -0.801. The highest BCUT2D eigenvalue weighted by Crippen LogP contribution is 2.37. The Kier molecular flexibility index (Phi) is 4.95. The number of benzene rings is 1. The molecule has 8 heteroatoms. The molecular formula is C18H18F3N3O2. The summed E-state index contributed by atoms with van der Waals surface area (Å²) in [7, 11) is 0. The van der Waals surface area contributed by atoms with E-state index in [9.17, 15) is 18.0 Å². The summed E-state index contributed by atoms with van der Waals surface area (Å²) in [6.45, 7) is 0.851. The molecule has 0 radical (unpaired) electrons. The maximum Gasteiger partial charge on any atom is 0.417 e. The predicted octanol–water partition coefficient (Wildman–Crippen LogP) is 3.33. The van der Waals surface area contributed by atoms with Crippen molar-refractivity contribution >= 4 is 5.91 Å². The molecule has 0 aliphatic carbocycles. The molecule has 1 unspecified atom stereocenters. The second kappa shape index (κ2) is 7.03. The van der Waals surface area contributed by atoms with Crippen LogP contribution in [0.3, 0.4) is 0 Å². The molecule has 2 heterocycles. The zero-order valence-electron chi connectivity index (χ0n) is 14.2. The normalized spacial score (nSPS) is 21.3. The van der Waals surface area contributed by atoms with Crippen LogP contribution in [0.1, 0.15) is 23.7 Å². The number of ether oxygens (including phenoxy) is 1. The number of hydrogen-bond acceptors (Lipinski definition) is 4. The number of amides is 1. The van der Waals surface area contributed by atoms with Crippen molar-refractivity contribution in [2.24, 2.45) is 0 Å². The van der Waals surface area contributed by atoms with Crippen molar-refractivity contribution in [3.05, 3.63) is 48.4 Å². The molecule has 5 nitrogen and oxygen atoms in total. The third-order valence-corrected chi connectivity index (χ3v) is 4.52. The van der Waals surface area contributed by atoms with Gasteiger partial charge in [0.25, 0.3) is 5.91 Å². The van der Waals surface area contributed by atoms with E-state index < -0.39 is 17.7 Å². The highest BCUT2D eigenvalue weighted by Gasteiger charge is 2.53. The molecule has 1 saturated heterocycles. The average molecular weight is 365 g/mol. The third kappa shape index (κ3) is 3.55. The largest absolute Gasteiger partial charge is 0.417 e. The summed E-state index contributed by atoms with van der Waals surface area (Å²) >= 11 is 0. The average Bonchev–Trinajstić information content (AvgIpc) is 2.84. The molecule has 1 aromatic carbocycles. The second-order valence-corrected chi connectivity index (χ2v) is 6.27. The Morgan fingerprint density at radius 2 is 1.96 bits per heavy atom. The van der Waals surface area contributed by atoms with Crippen LogP contribution >= 0.6 is 0 Å². The first-order valence-electron chi connectivity index (χ1n) is 8.17. The minimum Gasteiger partial charge on any atom is -0.364 e. The fraction of sp³-hybridized carbons (Fsp3) is 0.389. The smallest absolute Gasteiger partial charge is 0.364 e. The quantitative estimate of drug-likeness (QED) is 0.819. The molecular weight excluding hydrogens is 347 g/mol. The minimum absolute atomic E-state index is 0.0576. The minimum atomic E-state index is -4.49. The molecule has 1 amide bonds. The Bertz CT molecular complexity index is 783. The van der Waals surface area contributed by atoms with Gasteiger partial charge in [-0.25, -0.2) is 9.97 Å². The molecule has 3 rings (SSSR count). The van der Waals surface area contributed by atoms with Gasteiger partial charge in [-0.15, -0.1) is 0 Å². The highest BCUT2D eigenvalue weighted by molar-refractivity contribution is 5.99. The van der Waals surface area contributed by atoms with Gasteiger partial charge in [0.1, 0.15) is 6.33 Å². The number of aromatic nitrogens is 2. The van der Waals surface area contributed by atoms with Gasteiger partial charge < -0.3 is 9.64 Å². The maximum absolute atomic E-state index is 13.2. The first-order chi connectivity index (χ1) is 12.3. The summed E-state index contributed by atoms with van der Waals surface area (Å²) < 4.78 is 44.6. The summed E-state index contributed by atoms with van der Waals surface area (Å²) in [6, 6.07) is 9.10. The van der Waals surface area contributed by atoms with Crippen molar-refractivity contribution in [3.63, 3.8) is 0 Å². The highest BCUT2D eigenvalue weighted by atomic mass is 19.4. The number of hydrogen-bond donors (Lipinski definition) is 0. The number of nitrogens with zero attached hydrogens (tertiary/aromatic N) is 3. The molecule has 1 aromatic heterocycles. The lowest BCUT2D eigenvalue weighted by Crippen LogP contribution is -2.45. The fourth-order valence-corrected chi connectivity index (χ4v) is 2.82. The van der Waals surface area contributed by atoms with E-state index in [0.717, 1.165) is 12.5 Å². The summed E-state index contributed by atoms with van der Waals surface area (Å²) in [5.74, 6) is -0.403. The molecule has 1 aliphatic heterocycles. The fourth-order valence-electron chi connectivity index (χ4n) is 2.82. The van der Waals surface area contributed by atoms with Crippen LogP contribution in [0.2, 0.25) is 0 Å². The Morgan fingerprint density at radius 1 is 1.23 bits per heavy atom. The van der Waals surface area contributed by atoms with Gasteiger partial charge in [-0.05, 0) is 6.92 Å². The van der Waals surface area contributed by atoms with Crippen LogP contribution in [-0.2, 0) is 4.74 Å². The van der Waals surface area contributed by atoms with Crippen molar-refractivity contribution in [3.8, 4) is 11.3 Å². The molecule has 0 spiro atoms. The van der Waals surface area contributed by atoms with Gasteiger partial charge in [-0.3, -0.25) is 4.79 Å². The molecule has 1 fully saturated rings. The Labute approximate surface area is 148 Å². The van der Waals surface area contributed by atoms with Crippen LogP contribution in [0, 0.1) is 0 Å². The van der Waals surface area contributed by atoms with Crippen LogP contribution in [0.5, 0.6) is 0 Å². The van der Waals surface area contributed by atoms with E-state index in [4.69, 9.17) is 4.74 Å². The van der Waals surface area contributed by atoms with Crippen molar-refractivity contribution in [2.75, 3.05) is 19.7 Å². The van der Waals surface area contributed by atoms with Crippen molar-refractivity contribution in [2.45, 2.75) is 25.1 Å². The topological polar surface area (TPSA) is 55.3 Å². The van der Waals surface area contributed by atoms with E-state index in [1.807, 2.05) is 30.3 Å². The molecule has 1 atom stereocenters. The molecule has 2 aromatic rings. The van der Waals surface area contributed by atoms with Crippen LogP contribution < -0.4 is 0 Å². The summed E-state index contributed by atoms with van der Waals surface area (Å²) in [5, 5.41) is 0. The van der Waals surface area contributed by atoms with Crippen molar-refractivity contribution in [1.82, 2.24) is 14.9 Å². The van der Waals surface area contributed by atoms with E-state index in [-0.39, 0.29) is 31.7 Å². The van der Waals surface area contributed by atoms with Crippen LogP contribution in [0.4, 0.5) is 13.2 Å². The van der Waals surface area contributed by atoms with Crippen LogP contribution in [-0.4, -0.2) is 52.2 Å². The van der Waals surface area contributed by atoms with Gasteiger partial charge in [0.2, 0.25) is 0 Å². The van der Waals surface area contributed by atoms with Crippen molar-refractivity contribution in [1.29, 1.82) is 0 Å². The van der Waals surface area contributed by atoms with E-state index in [1.165, 1.54) is 17.4 Å². The van der Waals surface area contributed by atoms with E-state index >= 15 is 0 Å². The standard InChI is InChI=1S/C18H18F3N3O2/c1-17(18(19,20)21)7-8-24(9-10-26-17)16(25)14-11-22-12-23-15(14)13-5-3-2-4-6-13/h2-6,11-12H,7-10H2,1H3. The predicted molar refractivity (Wildman–Crippen MR) is 88.4 cm³/mol. The molecule has 0 N–H and O–H groups in total. The zero-order chi connectivity index (χ0) is 18.8. The van der Waals surface area contributed by atoms with Crippen LogP contribution in [0.25, 0.3) is 11.3 Å². The van der Waals surface area contributed by atoms with E-state index in [1.54, 1.807) is 0 Å². The SMILES string of the molecule is CC1(C(F)(F)F)CCN(C(=O)c2cncnc2-c2ccccc2)CCO1. The molecule has 138 valence electrons. The third-order valence-electron chi connectivity index (χ3n) is 4.52. The van der Waals surface area contributed by atoms with Crippen LogP contribution in [0.15, 0.2) is 42.9 Å². The zero-order valence-corrected chi connectivity index (χ0v) is 14.2. The molecule has 26 heavy (non-hydrogen) atoms. The van der Waals surface area contributed by atoms with Crippen molar-refractivity contribution < 1.29 is 22.7 Å². The molecule has 0 saturated carbocycles. The lowest BCUT2D eigenvalue weighted by Gasteiger charge is -2.30. The molecule has 1 aliphatic rings. The Morgan fingerprint density at radius 3 is 2.65 bits per heavy atom. The number of carbonyl (C=O) groups is 1. The Balaban J connectivity index is 1.85. The van der Waals surface area contributed by atoms with E-state index in [2.05, 4.69) is 9.97 Å². The van der Waals surface area contributed by atoms with Gasteiger partial charge in [0.15, 0.2) is 5.60 Å².